The highest BCUT2D eigenvalue weighted by Crippen LogP contribution is 2.25. The van der Waals surface area contributed by atoms with Crippen molar-refractivity contribution in [2.75, 3.05) is 18.0 Å². The molecule has 3 aromatic rings. The zero-order valence-corrected chi connectivity index (χ0v) is 14.4. The van der Waals surface area contributed by atoms with Gasteiger partial charge in [-0.1, -0.05) is 5.16 Å². The molecule has 0 aliphatic heterocycles. The lowest BCUT2D eigenvalue weighted by atomic mass is 10.2. The Hall–Kier alpha value is -2.76. The molecule has 124 valence electrons. The SMILES string of the molecule is CCN(CC)c1cc(-c2nc(-c3ccnc(C)c3)no2)cc(C)n1. The van der Waals surface area contributed by atoms with Crippen LogP contribution in [0.15, 0.2) is 35.0 Å². The first-order valence-corrected chi connectivity index (χ1v) is 8.11. The van der Waals surface area contributed by atoms with Gasteiger partial charge in [-0.25, -0.2) is 4.98 Å². The topological polar surface area (TPSA) is 67.9 Å². The predicted octanol–water partition coefficient (Wildman–Crippen LogP) is 3.66. The van der Waals surface area contributed by atoms with Crippen molar-refractivity contribution in [2.45, 2.75) is 27.7 Å². The van der Waals surface area contributed by atoms with Crippen molar-refractivity contribution >= 4 is 5.82 Å². The second-order valence-corrected chi connectivity index (χ2v) is 5.64. The molecule has 0 saturated carbocycles. The van der Waals surface area contributed by atoms with E-state index in [4.69, 9.17) is 4.52 Å². The number of rotatable bonds is 5. The van der Waals surface area contributed by atoms with E-state index in [1.807, 2.05) is 38.1 Å². The van der Waals surface area contributed by atoms with Crippen LogP contribution in [0.2, 0.25) is 0 Å². The maximum absolute atomic E-state index is 5.47. The Balaban J connectivity index is 1.98. The Bertz CT molecular complexity index is 839. The van der Waals surface area contributed by atoms with Gasteiger partial charge in [0.05, 0.1) is 0 Å². The first-order valence-electron chi connectivity index (χ1n) is 8.11. The molecule has 0 unspecified atom stereocenters. The van der Waals surface area contributed by atoms with Crippen LogP contribution in [0.5, 0.6) is 0 Å². The standard InChI is InChI=1S/C18H21N5O/c1-5-23(6-2)16-11-15(10-13(4)20-16)18-21-17(22-24-18)14-7-8-19-12(3)9-14/h7-11H,5-6H2,1-4H3. The van der Waals surface area contributed by atoms with Crippen LogP contribution < -0.4 is 4.90 Å². The molecule has 0 bridgehead atoms. The second-order valence-electron chi connectivity index (χ2n) is 5.64. The van der Waals surface area contributed by atoms with Crippen LogP contribution in [-0.2, 0) is 0 Å². The molecule has 3 heterocycles. The second kappa shape index (κ2) is 6.78. The van der Waals surface area contributed by atoms with Crippen molar-refractivity contribution in [1.29, 1.82) is 0 Å². The number of hydrogen-bond acceptors (Lipinski definition) is 6. The van der Waals surface area contributed by atoms with Gasteiger partial charge in [-0.05, 0) is 52.0 Å². The van der Waals surface area contributed by atoms with E-state index in [0.717, 1.165) is 41.4 Å². The number of aromatic nitrogens is 4. The van der Waals surface area contributed by atoms with E-state index in [2.05, 4.69) is 38.9 Å². The Morgan fingerprint density at radius 3 is 2.42 bits per heavy atom. The van der Waals surface area contributed by atoms with E-state index < -0.39 is 0 Å². The van der Waals surface area contributed by atoms with E-state index in [0.29, 0.717) is 11.7 Å². The van der Waals surface area contributed by atoms with Crippen molar-refractivity contribution in [3.63, 3.8) is 0 Å². The van der Waals surface area contributed by atoms with Crippen LogP contribution in [0.4, 0.5) is 5.82 Å². The van der Waals surface area contributed by atoms with Crippen LogP contribution in [0.25, 0.3) is 22.8 Å². The quantitative estimate of drug-likeness (QED) is 0.714. The van der Waals surface area contributed by atoms with Crippen LogP contribution in [0.3, 0.4) is 0 Å². The molecule has 0 radical (unpaired) electrons. The van der Waals surface area contributed by atoms with Gasteiger partial charge in [-0.3, -0.25) is 4.98 Å². The molecule has 3 rings (SSSR count). The lowest BCUT2D eigenvalue weighted by Gasteiger charge is -2.20. The summed E-state index contributed by atoms with van der Waals surface area (Å²) in [6, 6.07) is 7.77. The Morgan fingerprint density at radius 1 is 0.958 bits per heavy atom. The highest BCUT2D eigenvalue weighted by atomic mass is 16.5. The average molecular weight is 323 g/mol. The van der Waals surface area contributed by atoms with Crippen molar-refractivity contribution in [3.8, 4) is 22.8 Å². The molecule has 3 aromatic heterocycles. The van der Waals surface area contributed by atoms with Gasteiger partial charge >= 0.3 is 0 Å². The Morgan fingerprint density at radius 2 is 1.71 bits per heavy atom. The predicted molar refractivity (Wildman–Crippen MR) is 93.8 cm³/mol. The zero-order valence-electron chi connectivity index (χ0n) is 14.4. The molecule has 24 heavy (non-hydrogen) atoms. The van der Waals surface area contributed by atoms with E-state index in [-0.39, 0.29) is 0 Å². The van der Waals surface area contributed by atoms with Crippen LogP contribution in [0.1, 0.15) is 25.2 Å². The summed E-state index contributed by atoms with van der Waals surface area (Å²) in [7, 11) is 0. The summed E-state index contributed by atoms with van der Waals surface area (Å²) in [4.78, 5) is 15.5. The molecule has 0 aromatic carbocycles. The van der Waals surface area contributed by atoms with Gasteiger partial charge in [0.15, 0.2) is 0 Å². The minimum atomic E-state index is 0.498. The van der Waals surface area contributed by atoms with Crippen LogP contribution in [0, 0.1) is 13.8 Å². The van der Waals surface area contributed by atoms with Gasteiger partial charge in [0, 0.05) is 41.8 Å². The number of hydrogen-bond donors (Lipinski definition) is 0. The van der Waals surface area contributed by atoms with Gasteiger partial charge in [0.2, 0.25) is 5.82 Å². The van der Waals surface area contributed by atoms with Gasteiger partial charge in [0.25, 0.3) is 5.89 Å². The van der Waals surface area contributed by atoms with Crippen molar-refractivity contribution in [2.24, 2.45) is 0 Å². The molecule has 0 N–H and O–H groups in total. The van der Waals surface area contributed by atoms with Gasteiger partial charge in [-0.2, -0.15) is 4.98 Å². The van der Waals surface area contributed by atoms with Crippen LogP contribution in [-0.4, -0.2) is 33.2 Å². The van der Waals surface area contributed by atoms with Gasteiger partial charge < -0.3 is 9.42 Å². The highest BCUT2D eigenvalue weighted by molar-refractivity contribution is 5.63. The molecule has 0 fully saturated rings. The lowest BCUT2D eigenvalue weighted by Crippen LogP contribution is -2.23. The van der Waals surface area contributed by atoms with Gasteiger partial charge in [-0.15, -0.1) is 0 Å². The van der Waals surface area contributed by atoms with Crippen molar-refractivity contribution < 1.29 is 4.52 Å². The summed E-state index contributed by atoms with van der Waals surface area (Å²) < 4.78 is 5.47. The fourth-order valence-corrected chi connectivity index (χ4v) is 2.63. The molecule has 0 atom stereocenters. The molecule has 0 spiro atoms. The number of anilines is 1. The molecule has 0 saturated heterocycles. The molecule has 6 heteroatoms. The minimum Gasteiger partial charge on any atom is -0.357 e. The van der Waals surface area contributed by atoms with E-state index >= 15 is 0 Å². The normalized spacial score (nSPS) is 10.8. The summed E-state index contributed by atoms with van der Waals surface area (Å²) in [5.41, 5.74) is 3.62. The lowest BCUT2D eigenvalue weighted by molar-refractivity contribution is 0.432. The molecule has 0 aliphatic rings. The number of pyridine rings is 2. The zero-order chi connectivity index (χ0) is 17.1. The maximum atomic E-state index is 5.47. The third-order valence-corrected chi connectivity index (χ3v) is 3.86. The van der Waals surface area contributed by atoms with E-state index in [1.54, 1.807) is 6.20 Å². The third-order valence-electron chi connectivity index (χ3n) is 3.86. The maximum Gasteiger partial charge on any atom is 0.258 e. The molecular weight excluding hydrogens is 302 g/mol. The average Bonchev–Trinajstić information content (AvgIpc) is 3.06. The van der Waals surface area contributed by atoms with Crippen molar-refractivity contribution in [3.05, 3.63) is 41.9 Å². The summed E-state index contributed by atoms with van der Waals surface area (Å²) >= 11 is 0. The Labute approximate surface area is 141 Å². The molecule has 6 nitrogen and oxygen atoms in total. The summed E-state index contributed by atoms with van der Waals surface area (Å²) in [6.07, 6.45) is 1.75. The number of nitrogens with zero attached hydrogens (tertiary/aromatic N) is 5. The summed E-state index contributed by atoms with van der Waals surface area (Å²) in [6.45, 7) is 9.94. The molecular formula is C18H21N5O. The first-order chi connectivity index (χ1) is 11.6. The van der Waals surface area contributed by atoms with Crippen LogP contribution >= 0.6 is 0 Å². The summed E-state index contributed by atoms with van der Waals surface area (Å²) in [5, 5.41) is 4.10. The fraction of sp³-hybridized carbons (Fsp3) is 0.333. The fourth-order valence-electron chi connectivity index (χ4n) is 2.63. The third kappa shape index (κ3) is 3.27. The molecule has 0 amide bonds. The number of aryl methyl sites for hydroxylation is 2. The largest absolute Gasteiger partial charge is 0.357 e. The smallest absolute Gasteiger partial charge is 0.258 e. The Kier molecular flexibility index (Phi) is 4.55. The summed E-state index contributed by atoms with van der Waals surface area (Å²) in [5.74, 6) is 1.99. The highest BCUT2D eigenvalue weighted by Gasteiger charge is 2.14. The van der Waals surface area contributed by atoms with Gasteiger partial charge in [0.1, 0.15) is 5.82 Å². The minimum absolute atomic E-state index is 0.498. The first kappa shape index (κ1) is 16.1. The molecule has 0 aliphatic carbocycles. The monoisotopic (exact) mass is 323 g/mol. The van der Waals surface area contributed by atoms with E-state index in [1.165, 1.54) is 0 Å². The van der Waals surface area contributed by atoms with E-state index in [9.17, 15) is 0 Å². The van der Waals surface area contributed by atoms with Crippen molar-refractivity contribution in [1.82, 2.24) is 20.1 Å².